The average Bonchev–Trinajstić information content (AvgIpc) is 2.49. The summed E-state index contributed by atoms with van der Waals surface area (Å²) in [5.41, 5.74) is 0. The van der Waals surface area contributed by atoms with Crippen molar-refractivity contribution in [2.24, 2.45) is 29.6 Å². The maximum atomic E-state index is 2.67. The summed E-state index contributed by atoms with van der Waals surface area (Å²) < 4.78 is 0. The van der Waals surface area contributed by atoms with E-state index < -0.39 is 0 Å². The van der Waals surface area contributed by atoms with E-state index in [9.17, 15) is 0 Å². The van der Waals surface area contributed by atoms with Gasteiger partial charge in [-0.05, 0) is 29.6 Å². The highest BCUT2D eigenvalue weighted by atomic mass is 15.2. The molecule has 1 aliphatic heterocycles. The third-order valence-corrected chi connectivity index (χ3v) is 3.73. The van der Waals surface area contributed by atoms with Gasteiger partial charge >= 0.3 is 0 Å². The molecule has 1 nitrogen and oxygen atoms in total. The van der Waals surface area contributed by atoms with E-state index in [1.807, 2.05) is 0 Å². The second kappa shape index (κ2) is 3.27. The highest BCUT2D eigenvalue weighted by Gasteiger charge is 2.56. The minimum absolute atomic E-state index is 0.843. The standard InChI is InChI=1S/C12H23N/c1-8(2)5-13-6-10-11(7-13)12(10)9(3)4/h8-12H,5-7H2,1-4H3. The lowest BCUT2D eigenvalue weighted by molar-refractivity contribution is 0.243. The Morgan fingerprint density at radius 3 is 2.00 bits per heavy atom. The first-order valence-electron chi connectivity index (χ1n) is 5.82. The molecule has 0 radical (unpaired) electrons. The maximum Gasteiger partial charge on any atom is 0.00160 e. The fraction of sp³-hybridized carbons (Fsp3) is 1.00. The molecule has 1 aliphatic carbocycles. The molecule has 2 fully saturated rings. The summed E-state index contributed by atoms with van der Waals surface area (Å²) in [5, 5.41) is 0. The smallest absolute Gasteiger partial charge is 0.00160 e. The Labute approximate surface area is 82.5 Å². The lowest BCUT2D eigenvalue weighted by Crippen LogP contribution is -2.29. The summed E-state index contributed by atoms with van der Waals surface area (Å²) in [6.45, 7) is 13.5. The molecule has 0 N–H and O–H groups in total. The number of hydrogen-bond donors (Lipinski definition) is 0. The van der Waals surface area contributed by atoms with Gasteiger partial charge < -0.3 is 4.90 Å². The van der Waals surface area contributed by atoms with Gasteiger partial charge in [0.15, 0.2) is 0 Å². The van der Waals surface area contributed by atoms with Crippen LogP contribution in [-0.2, 0) is 0 Å². The molecule has 0 aromatic rings. The van der Waals surface area contributed by atoms with E-state index in [1.54, 1.807) is 0 Å². The van der Waals surface area contributed by atoms with Crippen molar-refractivity contribution in [1.29, 1.82) is 0 Å². The largest absolute Gasteiger partial charge is 0.302 e. The Morgan fingerprint density at radius 1 is 1.08 bits per heavy atom. The summed E-state index contributed by atoms with van der Waals surface area (Å²) in [6.07, 6.45) is 0. The van der Waals surface area contributed by atoms with Crippen LogP contribution in [0.4, 0.5) is 0 Å². The molecule has 13 heavy (non-hydrogen) atoms. The first-order chi connectivity index (χ1) is 6.09. The molecule has 1 saturated carbocycles. The minimum atomic E-state index is 0.843. The molecule has 1 heteroatoms. The van der Waals surface area contributed by atoms with Crippen LogP contribution in [0.3, 0.4) is 0 Å². The highest BCUT2D eigenvalue weighted by Crippen LogP contribution is 2.55. The molecular weight excluding hydrogens is 158 g/mol. The van der Waals surface area contributed by atoms with Crippen LogP contribution in [0, 0.1) is 29.6 Å². The third-order valence-electron chi connectivity index (χ3n) is 3.73. The molecule has 2 rings (SSSR count). The predicted octanol–water partition coefficient (Wildman–Crippen LogP) is 2.48. The van der Waals surface area contributed by atoms with Crippen LogP contribution >= 0.6 is 0 Å². The van der Waals surface area contributed by atoms with Crippen molar-refractivity contribution in [3.05, 3.63) is 0 Å². The summed E-state index contributed by atoms with van der Waals surface area (Å²) >= 11 is 0. The second-order valence-corrected chi connectivity index (χ2v) is 5.76. The van der Waals surface area contributed by atoms with Crippen molar-refractivity contribution in [2.75, 3.05) is 19.6 Å². The van der Waals surface area contributed by atoms with E-state index in [1.165, 1.54) is 19.6 Å². The van der Waals surface area contributed by atoms with Gasteiger partial charge in [-0.2, -0.15) is 0 Å². The van der Waals surface area contributed by atoms with Crippen LogP contribution in [0.1, 0.15) is 27.7 Å². The lowest BCUT2D eigenvalue weighted by Gasteiger charge is -2.22. The average molecular weight is 181 g/mol. The van der Waals surface area contributed by atoms with Crippen LogP contribution in [0.2, 0.25) is 0 Å². The molecule has 2 aliphatic rings. The van der Waals surface area contributed by atoms with Gasteiger partial charge in [0.25, 0.3) is 0 Å². The zero-order valence-corrected chi connectivity index (χ0v) is 9.46. The fourth-order valence-corrected chi connectivity index (χ4v) is 3.31. The zero-order valence-electron chi connectivity index (χ0n) is 9.46. The summed E-state index contributed by atoms with van der Waals surface area (Å²) in [5.74, 6) is 4.98. The summed E-state index contributed by atoms with van der Waals surface area (Å²) in [6, 6.07) is 0. The molecular formula is C12H23N. The Kier molecular flexibility index (Phi) is 2.39. The number of piperidine rings is 1. The van der Waals surface area contributed by atoms with E-state index in [-0.39, 0.29) is 0 Å². The molecule has 0 spiro atoms. The van der Waals surface area contributed by atoms with Gasteiger partial charge in [-0.15, -0.1) is 0 Å². The van der Waals surface area contributed by atoms with Crippen molar-refractivity contribution in [3.63, 3.8) is 0 Å². The van der Waals surface area contributed by atoms with Crippen molar-refractivity contribution in [1.82, 2.24) is 4.90 Å². The van der Waals surface area contributed by atoms with Gasteiger partial charge in [-0.3, -0.25) is 0 Å². The van der Waals surface area contributed by atoms with Crippen LogP contribution in [0.25, 0.3) is 0 Å². The van der Waals surface area contributed by atoms with Gasteiger partial charge in [0.1, 0.15) is 0 Å². The van der Waals surface area contributed by atoms with Gasteiger partial charge in [-0.1, -0.05) is 27.7 Å². The Bertz CT molecular complexity index is 174. The second-order valence-electron chi connectivity index (χ2n) is 5.76. The van der Waals surface area contributed by atoms with E-state index in [0.29, 0.717) is 0 Å². The minimum Gasteiger partial charge on any atom is -0.302 e. The number of nitrogens with zero attached hydrogens (tertiary/aromatic N) is 1. The summed E-state index contributed by atoms with van der Waals surface area (Å²) in [4.78, 5) is 2.67. The molecule has 1 heterocycles. The normalized spacial score (nSPS) is 38.8. The van der Waals surface area contributed by atoms with Gasteiger partial charge in [0.05, 0.1) is 0 Å². The van der Waals surface area contributed by atoms with Crippen LogP contribution in [-0.4, -0.2) is 24.5 Å². The number of likely N-dealkylation sites (tertiary alicyclic amines) is 1. The van der Waals surface area contributed by atoms with E-state index in [0.717, 1.165) is 29.6 Å². The Balaban J connectivity index is 1.77. The first-order valence-corrected chi connectivity index (χ1v) is 5.82. The molecule has 76 valence electrons. The fourth-order valence-electron chi connectivity index (χ4n) is 3.31. The highest BCUT2D eigenvalue weighted by molar-refractivity contribution is 5.05. The molecule has 0 aromatic carbocycles. The third kappa shape index (κ3) is 1.76. The van der Waals surface area contributed by atoms with Gasteiger partial charge in [0, 0.05) is 19.6 Å². The predicted molar refractivity (Wildman–Crippen MR) is 56.6 cm³/mol. The molecule has 0 aromatic heterocycles. The van der Waals surface area contributed by atoms with Gasteiger partial charge in [-0.25, -0.2) is 0 Å². The van der Waals surface area contributed by atoms with Crippen molar-refractivity contribution >= 4 is 0 Å². The zero-order chi connectivity index (χ0) is 9.59. The molecule has 2 atom stereocenters. The van der Waals surface area contributed by atoms with Crippen LogP contribution < -0.4 is 0 Å². The van der Waals surface area contributed by atoms with Crippen LogP contribution in [0.15, 0.2) is 0 Å². The van der Waals surface area contributed by atoms with Crippen molar-refractivity contribution in [3.8, 4) is 0 Å². The van der Waals surface area contributed by atoms with E-state index in [4.69, 9.17) is 0 Å². The molecule has 1 saturated heterocycles. The van der Waals surface area contributed by atoms with Crippen LogP contribution in [0.5, 0.6) is 0 Å². The molecule has 0 amide bonds. The van der Waals surface area contributed by atoms with E-state index >= 15 is 0 Å². The quantitative estimate of drug-likeness (QED) is 0.646. The monoisotopic (exact) mass is 181 g/mol. The topological polar surface area (TPSA) is 3.24 Å². The van der Waals surface area contributed by atoms with Crippen molar-refractivity contribution < 1.29 is 0 Å². The maximum absolute atomic E-state index is 2.67. The van der Waals surface area contributed by atoms with Crippen molar-refractivity contribution in [2.45, 2.75) is 27.7 Å². The molecule has 0 bridgehead atoms. The molecule has 2 unspecified atom stereocenters. The SMILES string of the molecule is CC(C)CN1CC2C(C1)C2C(C)C. The first kappa shape index (κ1) is 9.51. The summed E-state index contributed by atoms with van der Waals surface area (Å²) in [7, 11) is 0. The number of rotatable bonds is 3. The number of fused-ring (bicyclic) bond motifs is 1. The Morgan fingerprint density at radius 2 is 1.62 bits per heavy atom. The Hall–Kier alpha value is -0.0400. The number of hydrogen-bond acceptors (Lipinski definition) is 1. The van der Waals surface area contributed by atoms with Gasteiger partial charge in [0.2, 0.25) is 0 Å². The lowest BCUT2D eigenvalue weighted by atomic mass is 10.0. The van der Waals surface area contributed by atoms with E-state index in [2.05, 4.69) is 32.6 Å².